The van der Waals surface area contributed by atoms with Gasteiger partial charge in [-0.2, -0.15) is 0 Å². The molecule has 0 saturated carbocycles. The molecule has 1 aromatic heterocycles. The highest BCUT2D eigenvalue weighted by Crippen LogP contribution is 2.13. The van der Waals surface area contributed by atoms with Crippen LogP contribution in [0.1, 0.15) is 5.76 Å². The number of halogens is 1. The molecule has 0 spiro atoms. The summed E-state index contributed by atoms with van der Waals surface area (Å²) in [4.78, 5) is 11.6. The summed E-state index contributed by atoms with van der Waals surface area (Å²) in [5.41, 5.74) is 0.657. The number of amides is 1. The molecule has 0 unspecified atom stereocenters. The molecule has 0 aliphatic rings. The second kappa shape index (κ2) is 5.55. The van der Waals surface area contributed by atoms with Crippen LogP contribution in [-0.4, -0.2) is 17.7 Å². The predicted octanol–water partition coefficient (Wildman–Crippen LogP) is 2.65. The van der Waals surface area contributed by atoms with Gasteiger partial charge in [0.05, 0.1) is 0 Å². The monoisotopic (exact) mass is 266 g/mol. The summed E-state index contributed by atoms with van der Waals surface area (Å²) in [7, 11) is 0. The zero-order valence-corrected chi connectivity index (χ0v) is 10.4. The Morgan fingerprint density at radius 3 is 2.78 bits per heavy atom. The fraction of sp³-hybridized carbons (Fsp3) is 0.167. The van der Waals surface area contributed by atoms with E-state index in [4.69, 9.17) is 20.9 Å². The normalized spacial score (nSPS) is 10.1. The Kier molecular flexibility index (Phi) is 3.84. The average Bonchev–Trinajstić information content (AvgIpc) is 2.76. The first-order valence-electron chi connectivity index (χ1n) is 5.25. The van der Waals surface area contributed by atoms with E-state index in [0.29, 0.717) is 22.4 Å². The van der Waals surface area contributed by atoms with Crippen LogP contribution >= 0.6 is 11.6 Å². The van der Waals surface area contributed by atoms with Gasteiger partial charge in [-0.25, -0.2) is 0 Å². The lowest BCUT2D eigenvalue weighted by Crippen LogP contribution is -2.20. The maximum atomic E-state index is 11.6. The summed E-state index contributed by atoms with van der Waals surface area (Å²) in [5.74, 6) is 0.639. The molecule has 0 aliphatic heterocycles. The first-order valence-corrected chi connectivity index (χ1v) is 5.63. The molecule has 1 heterocycles. The molecular weight excluding hydrogens is 256 g/mol. The number of anilines is 1. The lowest BCUT2D eigenvalue weighted by molar-refractivity contribution is -0.118. The molecule has 6 heteroatoms. The summed E-state index contributed by atoms with van der Waals surface area (Å²) < 4.78 is 9.95. The van der Waals surface area contributed by atoms with Gasteiger partial charge in [0, 0.05) is 16.8 Å². The zero-order chi connectivity index (χ0) is 13.0. The Labute approximate surface area is 109 Å². The minimum Gasteiger partial charge on any atom is -0.465 e. The topological polar surface area (TPSA) is 64.4 Å². The van der Waals surface area contributed by atoms with E-state index in [0.717, 1.165) is 0 Å². The lowest BCUT2D eigenvalue weighted by Gasteiger charge is -2.05. The van der Waals surface area contributed by atoms with Gasteiger partial charge in [0.1, 0.15) is 5.76 Å². The smallest absolute Gasteiger partial charge is 0.262 e. The molecule has 0 saturated heterocycles. The third-order valence-electron chi connectivity index (χ3n) is 2.09. The highest BCUT2D eigenvalue weighted by molar-refractivity contribution is 6.30. The van der Waals surface area contributed by atoms with E-state index < -0.39 is 0 Å². The number of nitrogens with zero attached hydrogens (tertiary/aromatic N) is 1. The maximum absolute atomic E-state index is 11.6. The molecule has 2 rings (SSSR count). The van der Waals surface area contributed by atoms with Crippen molar-refractivity contribution < 1.29 is 14.1 Å². The van der Waals surface area contributed by atoms with E-state index >= 15 is 0 Å². The van der Waals surface area contributed by atoms with Gasteiger partial charge in [-0.05, 0) is 36.3 Å². The molecule has 18 heavy (non-hydrogen) atoms. The number of nitrogens with one attached hydrogen (secondary N) is 1. The number of carbonyl (C=O) groups excluding carboxylic acids is 1. The van der Waals surface area contributed by atoms with Crippen molar-refractivity contribution in [3.8, 4) is 5.88 Å². The SMILES string of the molecule is Cc1cc(OCC(=O)Nc2ccc(Cl)cc2)no1. The number of hydrogen-bond acceptors (Lipinski definition) is 4. The molecule has 1 N–H and O–H groups in total. The number of benzene rings is 1. The van der Waals surface area contributed by atoms with Crippen molar-refractivity contribution in [1.82, 2.24) is 5.16 Å². The molecule has 2 aromatic rings. The minimum absolute atomic E-state index is 0.130. The van der Waals surface area contributed by atoms with Crippen LogP contribution < -0.4 is 10.1 Å². The van der Waals surface area contributed by atoms with Crippen LogP contribution in [0, 0.1) is 6.92 Å². The van der Waals surface area contributed by atoms with Crippen molar-refractivity contribution in [2.75, 3.05) is 11.9 Å². The summed E-state index contributed by atoms with van der Waals surface area (Å²) in [6, 6.07) is 8.41. The van der Waals surface area contributed by atoms with Crippen LogP contribution in [0.2, 0.25) is 5.02 Å². The van der Waals surface area contributed by atoms with Gasteiger partial charge in [-0.3, -0.25) is 4.79 Å². The van der Waals surface area contributed by atoms with Gasteiger partial charge < -0.3 is 14.6 Å². The van der Waals surface area contributed by atoms with Crippen molar-refractivity contribution >= 4 is 23.2 Å². The van der Waals surface area contributed by atoms with Gasteiger partial charge in [-0.15, -0.1) is 0 Å². The lowest BCUT2D eigenvalue weighted by atomic mass is 10.3. The molecule has 1 aromatic carbocycles. The molecule has 1 amide bonds. The summed E-state index contributed by atoms with van der Waals surface area (Å²) >= 11 is 5.74. The molecule has 0 atom stereocenters. The molecule has 0 radical (unpaired) electrons. The van der Waals surface area contributed by atoms with Gasteiger partial charge in [0.2, 0.25) is 0 Å². The molecular formula is C12H11ClN2O3. The molecule has 0 bridgehead atoms. The standard InChI is InChI=1S/C12H11ClN2O3/c1-8-6-12(15-18-8)17-7-11(16)14-10-4-2-9(13)3-5-10/h2-6H,7H2,1H3,(H,14,16). The first-order chi connectivity index (χ1) is 8.63. The summed E-state index contributed by atoms with van der Waals surface area (Å²) in [6.45, 7) is 1.61. The number of ether oxygens (including phenoxy) is 1. The number of hydrogen-bond donors (Lipinski definition) is 1. The fourth-order valence-corrected chi connectivity index (χ4v) is 1.41. The Morgan fingerprint density at radius 1 is 1.44 bits per heavy atom. The highest BCUT2D eigenvalue weighted by atomic mass is 35.5. The number of carbonyl (C=O) groups is 1. The second-order valence-corrected chi connectivity index (χ2v) is 4.06. The third-order valence-corrected chi connectivity index (χ3v) is 2.34. The van der Waals surface area contributed by atoms with Crippen LogP contribution in [0.3, 0.4) is 0 Å². The average molecular weight is 267 g/mol. The number of rotatable bonds is 4. The van der Waals surface area contributed by atoms with Gasteiger partial charge in [0.25, 0.3) is 11.8 Å². The van der Waals surface area contributed by atoms with Crippen molar-refractivity contribution in [2.24, 2.45) is 0 Å². The van der Waals surface area contributed by atoms with E-state index in [9.17, 15) is 4.79 Å². The van der Waals surface area contributed by atoms with Crippen LogP contribution in [0.4, 0.5) is 5.69 Å². The largest absolute Gasteiger partial charge is 0.465 e. The Morgan fingerprint density at radius 2 is 2.17 bits per heavy atom. The van der Waals surface area contributed by atoms with Crippen LogP contribution in [0.25, 0.3) is 0 Å². The van der Waals surface area contributed by atoms with Gasteiger partial charge in [0.15, 0.2) is 6.61 Å². The van der Waals surface area contributed by atoms with E-state index in [1.54, 1.807) is 37.3 Å². The van der Waals surface area contributed by atoms with E-state index in [1.807, 2.05) is 0 Å². The minimum atomic E-state index is -0.280. The van der Waals surface area contributed by atoms with Crippen LogP contribution in [-0.2, 0) is 4.79 Å². The molecule has 94 valence electrons. The maximum Gasteiger partial charge on any atom is 0.262 e. The zero-order valence-electron chi connectivity index (χ0n) is 9.64. The summed E-state index contributed by atoms with van der Waals surface area (Å²) in [6.07, 6.45) is 0. The molecule has 0 aliphatic carbocycles. The number of aromatic nitrogens is 1. The van der Waals surface area contributed by atoms with E-state index in [-0.39, 0.29) is 12.5 Å². The first kappa shape index (κ1) is 12.4. The Hall–Kier alpha value is -2.01. The van der Waals surface area contributed by atoms with Crippen LogP contribution in [0.5, 0.6) is 5.88 Å². The van der Waals surface area contributed by atoms with Crippen molar-refractivity contribution in [3.63, 3.8) is 0 Å². The summed E-state index contributed by atoms with van der Waals surface area (Å²) in [5, 5.41) is 6.89. The quantitative estimate of drug-likeness (QED) is 0.924. The van der Waals surface area contributed by atoms with Gasteiger partial charge >= 0.3 is 0 Å². The van der Waals surface area contributed by atoms with Gasteiger partial charge in [-0.1, -0.05) is 11.6 Å². The van der Waals surface area contributed by atoms with E-state index in [2.05, 4.69) is 10.5 Å². The Bertz CT molecular complexity index is 537. The van der Waals surface area contributed by atoms with Crippen molar-refractivity contribution in [1.29, 1.82) is 0 Å². The molecule has 0 fully saturated rings. The number of aryl methyl sites for hydroxylation is 1. The van der Waals surface area contributed by atoms with Crippen molar-refractivity contribution in [2.45, 2.75) is 6.92 Å². The van der Waals surface area contributed by atoms with Crippen LogP contribution in [0.15, 0.2) is 34.9 Å². The fourth-order valence-electron chi connectivity index (χ4n) is 1.28. The predicted molar refractivity (Wildman–Crippen MR) is 66.8 cm³/mol. The van der Waals surface area contributed by atoms with Crippen molar-refractivity contribution in [3.05, 3.63) is 41.1 Å². The Balaban J connectivity index is 1.83. The second-order valence-electron chi connectivity index (χ2n) is 3.62. The molecule has 5 nitrogen and oxygen atoms in total. The third kappa shape index (κ3) is 3.49. The highest BCUT2D eigenvalue weighted by Gasteiger charge is 2.06. The van der Waals surface area contributed by atoms with E-state index in [1.165, 1.54) is 0 Å².